The molecular formula is C27H54O4. The van der Waals surface area contributed by atoms with Gasteiger partial charge in [0.2, 0.25) is 0 Å². The Morgan fingerprint density at radius 1 is 0.419 bits per heavy atom. The summed E-state index contributed by atoms with van der Waals surface area (Å²) in [5.74, 6) is -0.0214. The van der Waals surface area contributed by atoms with Gasteiger partial charge in [0.25, 0.3) is 0 Å². The fourth-order valence-corrected chi connectivity index (χ4v) is 3.14. The minimum absolute atomic E-state index is 0.00494. The van der Waals surface area contributed by atoms with Gasteiger partial charge in [-0.05, 0) is 25.7 Å². The van der Waals surface area contributed by atoms with Crippen LogP contribution in [0.1, 0.15) is 150 Å². The number of hydrogen-bond acceptors (Lipinski definition) is 4. The molecule has 0 fully saturated rings. The average molecular weight is 443 g/mol. The molecular weight excluding hydrogens is 388 g/mol. The van der Waals surface area contributed by atoms with E-state index in [1.54, 1.807) is 0 Å². The molecule has 31 heavy (non-hydrogen) atoms. The van der Waals surface area contributed by atoms with Crippen LogP contribution in [0.5, 0.6) is 0 Å². The second-order valence-corrected chi connectivity index (χ2v) is 8.54. The van der Waals surface area contributed by atoms with E-state index < -0.39 is 0 Å². The van der Waals surface area contributed by atoms with Crippen LogP contribution in [0.4, 0.5) is 0 Å². The summed E-state index contributed by atoms with van der Waals surface area (Å²) in [6, 6.07) is 0. The van der Waals surface area contributed by atoms with E-state index in [0.717, 1.165) is 44.9 Å². The van der Waals surface area contributed by atoms with Gasteiger partial charge >= 0.3 is 11.9 Å². The minimum atomic E-state index is -0.0165. The molecule has 0 rings (SSSR count). The fraction of sp³-hybridized carbons (Fsp3) is 0.926. The predicted octanol–water partition coefficient (Wildman–Crippen LogP) is 8.55. The van der Waals surface area contributed by atoms with E-state index in [0.29, 0.717) is 26.1 Å². The second-order valence-electron chi connectivity index (χ2n) is 8.54. The molecule has 0 aliphatic heterocycles. The highest BCUT2D eigenvalue weighted by atomic mass is 16.5. The van der Waals surface area contributed by atoms with Crippen molar-refractivity contribution in [2.75, 3.05) is 13.2 Å². The van der Waals surface area contributed by atoms with Crippen molar-refractivity contribution in [3.05, 3.63) is 0 Å². The van der Waals surface area contributed by atoms with Crippen LogP contribution in [0.15, 0.2) is 0 Å². The highest BCUT2D eigenvalue weighted by molar-refractivity contribution is 5.69. The molecule has 0 saturated heterocycles. The molecule has 0 aliphatic carbocycles. The maximum atomic E-state index is 11.3. The lowest BCUT2D eigenvalue weighted by atomic mass is 10.1. The summed E-state index contributed by atoms with van der Waals surface area (Å²) in [4.78, 5) is 22.5. The summed E-state index contributed by atoms with van der Waals surface area (Å²) in [6.45, 7) is 9.95. The molecule has 0 radical (unpaired) electrons. The van der Waals surface area contributed by atoms with Gasteiger partial charge in [-0.15, -0.1) is 0 Å². The molecule has 0 aromatic carbocycles. The smallest absolute Gasteiger partial charge is 0.305 e. The number of hydrogen-bond donors (Lipinski definition) is 0. The van der Waals surface area contributed by atoms with E-state index >= 15 is 0 Å². The molecule has 0 spiro atoms. The lowest BCUT2D eigenvalue weighted by Crippen LogP contribution is -2.05. The third-order valence-corrected chi connectivity index (χ3v) is 5.24. The molecule has 0 heterocycles. The zero-order valence-electron chi connectivity index (χ0n) is 21.5. The van der Waals surface area contributed by atoms with Crippen molar-refractivity contribution in [3.8, 4) is 0 Å². The van der Waals surface area contributed by atoms with E-state index in [1.165, 1.54) is 64.2 Å². The van der Waals surface area contributed by atoms with Gasteiger partial charge in [-0.1, -0.05) is 111 Å². The molecule has 186 valence electrons. The Labute approximate surface area is 194 Å². The Morgan fingerprint density at radius 2 is 0.710 bits per heavy atom. The van der Waals surface area contributed by atoms with E-state index in [2.05, 4.69) is 27.7 Å². The highest BCUT2D eigenvalue weighted by Gasteiger charge is 2.02. The molecule has 0 unspecified atom stereocenters. The van der Waals surface area contributed by atoms with Crippen LogP contribution in [-0.2, 0) is 19.1 Å². The molecule has 0 atom stereocenters. The Kier molecular flexibility index (Phi) is 30.0. The summed E-state index contributed by atoms with van der Waals surface area (Å²) in [5.41, 5.74) is 0. The maximum Gasteiger partial charge on any atom is 0.305 e. The maximum absolute atomic E-state index is 11.3. The summed E-state index contributed by atoms with van der Waals surface area (Å²) < 4.78 is 10.3. The monoisotopic (exact) mass is 442 g/mol. The van der Waals surface area contributed by atoms with Crippen molar-refractivity contribution >= 4 is 11.9 Å². The van der Waals surface area contributed by atoms with E-state index in [-0.39, 0.29) is 11.9 Å². The van der Waals surface area contributed by atoms with Crippen molar-refractivity contribution in [1.82, 2.24) is 0 Å². The van der Waals surface area contributed by atoms with Crippen LogP contribution in [0.2, 0.25) is 0 Å². The van der Waals surface area contributed by atoms with Gasteiger partial charge in [-0.25, -0.2) is 0 Å². The summed E-state index contributed by atoms with van der Waals surface area (Å²) in [6.07, 6.45) is 21.2. The Balaban J connectivity index is 0. The third-order valence-electron chi connectivity index (χ3n) is 5.24. The predicted molar refractivity (Wildman–Crippen MR) is 132 cm³/mol. The van der Waals surface area contributed by atoms with Crippen LogP contribution in [-0.4, -0.2) is 25.2 Å². The molecule has 0 amide bonds. The number of carbonyl (C=O) groups is 2. The second kappa shape index (κ2) is 28.9. The van der Waals surface area contributed by atoms with Crippen LogP contribution in [0.25, 0.3) is 0 Å². The summed E-state index contributed by atoms with van der Waals surface area (Å²) in [7, 11) is 0. The molecule has 4 nitrogen and oxygen atoms in total. The summed E-state index contributed by atoms with van der Waals surface area (Å²) >= 11 is 0. The number of unbranched alkanes of at least 4 members (excludes halogenated alkanes) is 13. The minimum Gasteiger partial charge on any atom is -0.466 e. The normalized spacial score (nSPS) is 10.3. The zero-order valence-corrected chi connectivity index (χ0v) is 21.5. The lowest BCUT2D eigenvalue weighted by molar-refractivity contribution is -0.144. The Morgan fingerprint density at radius 3 is 1.13 bits per heavy atom. The summed E-state index contributed by atoms with van der Waals surface area (Å²) in [5, 5.41) is 0. The topological polar surface area (TPSA) is 52.6 Å². The van der Waals surface area contributed by atoms with Crippen molar-refractivity contribution in [3.63, 3.8) is 0 Å². The van der Waals surface area contributed by atoms with E-state index in [1.807, 2.05) is 0 Å². The molecule has 4 heteroatoms. The van der Waals surface area contributed by atoms with Gasteiger partial charge in [-0.2, -0.15) is 0 Å². The molecule has 0 aliphatic rings. The van der Waals surface area contributed by atoms with Crippen molar-refractivity contribution in [2.24, 2.45) is 0 Å². The van der Waals surface area contributed by atoms with Crippen molar-refractivity contribution in [1.29, 1.82) is 0 Å². The number of rotatable bonds is 21. The average Bonchev–Trinajstić information content (AvgIpc) is 2.77. The van der Waals surface area contributed by atoms with E-state index in [4.69, 9.17) is 9.47 Å². The van der Waals surface area contributed by atoms with Crippen LogP contribution < -0.4 is 0 Å². The van der Waals surface area contributed by atoms with Gasteiger partial charge in [0.1, 0.15) is 0 Å². The molecule has 0 N–H and O–H groups in total. The van der Waals surface area contributed by atoms with E-state index in [9.17, 15) is 9.59 Å². The highest BCUT2D eigenvalue weighted by Crippen LogP contribution is 2.07. The van der Waals surface area contributed by atoms with Gasteiger partial charge < -0.3 is 9.47 Å². The standard InChI is InChI=1S/C15H30O2.C12H24O2/c1-3-5-7-9-10-12-14-17-15(16)13-11-8-6-4-2;1-3-5-7-8-10-12(13)14-11-9-6-4-2/h3-14H2,1-2H3;3-11H2,1-2H3. The zero-order chi connectivity index (χ0) is 23.4. The first-order valence-corrected chi connectivity index (χ1v) is 13.4. The quantitative estimate of drug-likeness (QED) is 0.132. The van der Waals surface area contributed by atoms with Crippen molar-refractivity contribution in [2.45, 2.75) is 150 Å². The lowest BCUT2D eigenvalue weighted by Gasteiger charge is -2.04. The van der Waals surface area contributed by atoms with Gasteiger partial charge in [0.05, 0.1) is 13.2 Å². The Hall–Kier alpha value is -1.06. The molecule has 0 bridgehead atoms. The third kappa shape index (κ3) is 31.2. The first-order chi connectivity index (χ1) is 15.1. The van der Waals surface area contributed by atoms with Gasteiger partial charge in [0.15, 0.2) is 0 Å². The molecule has 0 saturated carbocycles. The number of esters is 2. The number of ether oxygens (including phenoxy) is 2. The fourth-order valence-electron chi connectivity index (χ4n) is 3.14. The van der Waals surface area contributed by atoms with Crippen LogP contribution in [0.3, 0.4) is 0 Å². The van der Waals surface area contributed by atoms with Crippen molar-refractivity contribution < 1.29 is 19.1 Å². The largest absolute Gasteiger partial charge is 0.466 e. The molecule has 0 aromatic heterocycles. The first kappa shape index (κ1) is 32.1. The van der Waals surface area contributed by atoms with Crippen LogP contribution >= 0.6 is 0 Å². The van der Waals surface area contributed by atoms with Gasteiger partial charge in [0, 0.05) is 12.8 Å². The number of carbonyl (C=O) groups excluding carboxylic acids is 2. The SMILES string of the molecule is CCCCCCC(=O)OCCCCC.CCCCCCCCOC(=O)CCCCCC. The van der Waals surface area contributed by atoms with Crippen LogP contribution in [0, 0.1) is 0 Å². The Bertz CT molecular complexity index is 354. The van der Waals surface area contributed by atoms with Gasteiger partial charge in [-0.3, -0.25) is 9.59 Å². The molecule has 0 aromatic rings. The first-order valence-electron chi connectivity index (χ1n) is 13.4.